The zero-order valence-electron chi connectivity index (χ0n) is 12.3. The predicted octanol–water partition coefficient (Wildman–Crippen LogP) is 2.41. The Morgan fingerprint density at radius 2 is 1.82 bits per heavy atom. The topological polar surface area (TPSA) is 93.5 Å². The van der Waals surface area contributed by atoms with Gasteiger partial charge in [0.05, 0.1) is 4.47 Å². The molecule has 3 N–H and O–H groups in total. The smallest absolute Gasteiger partial charge is 0.295 e. The number of hydrogen-bond donors (Lipinski definition) is 2. The Labute approximate surface area is 137 Å². The molecule has 8 heteroatoms. The zero-order valence-corrected chi connectivity index (χ0v) is 14.7. The highest BCUT2D eigenvalue weighted by Crippen LogP contribution is 2.35. The number of rotatable bonds is 3. The second-order valence-corrected chi connectivity index (χ2v) is 7.28. The number of hydrogen-bond acceptors (Lipinski definition) is 4. The van der Waals surface area contributed by atoms with Gasteiger partial charge < -0.3 is 4.74 Å². The van der Waals surface area contributed by atoms with Crippen molar-refractivity contribution in [1.29, 1.82) is 0 Å². The van der Waals surface area contributed by atoms with Gasteiger partial charge in [0.1, 0.15) is 10.6 Å². The largest absolute Gasteiger partial charge is 0.450 e. The van der Waals surface area contributed by atoms with E-state index in [0.29, 0.717) is 27.1 Å². The minimum Gasteiger partial charge on any atom is -0.450 e. The molecule has 0 saturated carbocycles. The van der Waals surface area contributed by atoms with Gasteiger partial charge in [-0.25, -0.2) is 5.84 Å². The Morgan fingerprint density at radius 1 is 1.18 bits per heavy atom. The second-order valence-electron chi connectivity index (χ2n) is 5.01. The maximum Gasteiger partial charge on any atom is 0.295 e. The first kappa shape index (κ1) is 16.7. The highest BCUT2D eigenvalue weighted by Gasteiger charge is 2.22. The third kappa shape index (κ3) is 3.40. The molecule has 0 aliphatic heterocycles. The van der Waals surface area contributed by atoms with Crippen molar-refractivity contribution >= 4 is 26.0 Å². The van der Waals surface area contributed by atoms with Crippen molar-refractivity contribution in [2.75, 3.05) is 5.84 Å². The molecule has 1 aromatic carbocycles. The van der Waals surface area contributed by atoms with Crippen LogP contribution in [0.4, 0.5) is 0 Å². The quantitative estimate of drug-likeness (QED) is 0.479. The highest BCUT2D eigenvalue weighted by atomic mass is 79.9. The van der Waals surface area contributed by atoms with Gasteiger partial charge in [-0.3, -0.25) is 4.55 Å². The van der Waals surface area contributed by atoms with Crippen LogP contribution in [0.25, 0.3) is 0 Å². The van der Waals surface area contributed by atoms with Crippen LogP contribution in [0.15, 0.2) is 33.9 Å². The third-order valence-corrected chi connectivity index (χ3v) is 4.71. The normalized spacial score (nSPS) is 11.5. The number of pyridine rings is 1. The summed E-state index contributed by atoms with van der Waals surface area (Å²) in [5.41, 5.74) is 1.57. The summed E-state index contributed by atoms with van der Waals surface area (Å²) in [5.74, 6) is 6.49. The number of aromatic nitrogens is 1. The van der Waals surface area contributed by atoms with Crippen molar-refractivity contribution < 1.29 is 22.4 Å². The van der Waals surface area contributed by atoms with Gasteiger partial charge in [0.15, 0.2) is 5.75 Å². The number of nitrogens with two attached hydrogens (primary N) is 1. The fourth-order valence-corrected chi connectivity index (χ4v) is 3.82. The molecular formula is C14H16BrN2O4S+. The first-order valence-electron chi connectivity index (χ1n) is 6.32. The lowest BCUT2D eigenvalue weighted by molar-refractivity contribution is -0.639. The Balaban J connectivity index is 2.61. The lowest BCUT2D eigenvalue weighted by atomic mass is 10.1. The molecule has 118 valence electrons. The number of ether oxygens (including phenoxy) is 1. The number of halogens is 1. The molecule has 1 heterocycles. The van der Waals surface area contributed by atoms with E-state index in [1.807, 2.05) is 0 Å². The lowest BCUT2D eigenvalue weighted by Crippen LogP contribution is -2.43. The number of nitrogen functional groups attached to an aromatic ring is 1. The molecule has 2 rings (SSSR count). The summed E-state index contributed by atoms with van der Waals surface area (Å²) >= 11 is 3.30. The van der Waals surface area contributed by atoms with Crippen LogP contribution in [0.2, 0.25) is 0 Å². The van der Waals surface area contributed by atoms with E-state index in [4.69, 9.17) is 10.6 Å². The molecule has 0 saturated heterocycles. The Kier molecular flexibility index (Phi) is 4.46. The SMILES string of the molecule is Cc1cc(C)c(S(=O)(=O)O)c(C)c1Oc1cc(Br)c[n+](N)c1. The molecule has 0 amide bonds. The fraction of sp³-hybridized carbons (Fsp3) is 0.214. The summed E-state index contributed by atoms with van der Waals surface area (Å²) in [6.07, 6.45) is 3.20. The maximum absolute atomic E-state index is 11.6. The number of benzene rings is 1. The van der Waals surface area contributed by atoms with Gasteiger partial charge in [-0.1, -0.05) is 10.7 Å². The van der Waals surface area contributed by atoms with E-state index in [2.05, 4.69) is 15.9 Å². The van der Waals surface area contributed by atoms with Crippen LogP contribution in [0.5, 0.6) is 11.5 Å². The van der Waals surface area contributed by atoms with Gasteiger partial charge in [0.25, 0.3) is 10.1 Å². The van der Waals surface area contributed by atoms with Gasteiger partial charge in [-0.15, -0.1) is 0 Å². The molecule has 0 unspecified atom stereocenters. The maximum atomic E-state index is 11.6. The lowest BCUT2D eigenvalue weighted by Gasteiger charge is -2.15. The molecule has 0 bridgehead atoms. The Morgan fingerprint density at radius 3 is 2.36 bits per heavy atom. The predicted molar refractivity (Wildman–Crippen MR) is 85.0 cm³/mol. The fourth-order valence-electron chi connectivity index (χ4n) is 2.42. The second kappa shape index (κ2) is 5.86. The van der Waals surface area contributed by atoms with Crippen molar-refractivity contribution in [3.63, 3.8) is 0 Å². The summed E-state index contributed by atoms with van der Waals surface area (Å²) in [6.45, 7) is 5.02. The summed E-state index contributed by atoms with van der Waals surface area (Å²) < 4.78 is 40.4. The van der Waals surface area contributed by atoms with E-state index >= 15 is 0 Å². The van der Waals surface area contributed by atoms with Crippen molar-refractivity contribution in [3.8, 4) is 11.5 Å². The molecule has 0 aliphatic rings. The van der Waals surface area contributed by atoms with E-state index in [-0.39, 0.29) is 4.90 Å². The van der Waals surface area contributed by atoms with Crippen molar-refractivity contribution in [1.82, 2.24) is 0 Å². The highest BCUT2D eigenvalue weighted by molar-refractivity contribution is 9.10. The molecule has 0 fully saturated rings. The van der Waals surface area contributed by atoms with E-state index in [9.17, 15) is 13.0 Å². The van der Waals surface area contributed by atoms with E-state index in [0.717, 1.165) is 5.56 Å². The Bertz CT molecular complexity index is 830. The van der Waals surface area contributed by atoms with Crippen LogP contribution in [-0.2, 0) is 10.1 Å². The monoisotopic (exact) mass is 387 g/mol. The summed E-state index contributed by atoms with van der Waals surface area (Å²) in [6, 6.07) is 3.36. The summed E-state index contributed by atoms with van der Waals surface area (Å²) in [4.78, 5) is -0.135. The van der Waals surface area contributed by atoms with Gasteiger partial charge in [0.2, 0.25) is 12.4 Å². The molecular weight excluding hydrogens is 372 g/mol. The van der Waals surface area contributed by atoms with Crippen LogP contribution in [0, 0.1) is 20.8 Å². The van der Waals surface area contributed by atoms with Crippen LogP contribution >= 0.6 is 15.9 Å². The average Bonchev–Trinajstić information content (AvgIpc) is 2.31. The van der Waals surface area contributed by atoms with E-state index in [1.165, 1.54) is 4.68 Å². The molecule has 2 aromatic rings. The molecule has 0 atom stereocenters. The van der Waals surface area contributed by atoms with E-state index in [1.54, 1.807) is 45.3 Å². The first-order valence-corrected chi connectivity index (χ1v) is 8.56. The van der Waals surface area contributed by atoms with Crippen LogP contribution in [0.3, 0.4) is 0 Å². The molecule has 1 aromatic heterocycles. The van der Waals surface area contributed by atoms with Gasteiger partial charge >= 0.3 is 0 Å². The summed E-state index contributed by atoms with van der Waals surface area (Å²) in [7, 11) is -4.33. The molecule has 0 radical (unpaired) electrons. The van der Waals surface area contributed by atoms with Gasteiger partial charge in [-0.2, -0.15) is 8.42 Å². The standard InChI is InChI=1S/C14H15BrN2O4S/c1-8-4-9(2)14(22(18,19)20)10(3)13(8)21-12-5-11(15)6-17(16)7-12/h4-7H,16H2,1-3H3/p+1. The number of nitrogens with zero attached hydrogens (tertiary/aromatic N) is 1. The Hall–Kier alpha value is -1.64. The molecule has 0 aliphatic carbocycles. The molecule has 0 spiro atoms. The van der Waals surface area contributed by atoms with Crippen molar-refractivity contribution in [2.45, 2.75) is 25.7 Å². The molecule has 6 nitrogen and oxygen atoms in total. The first-order chi connectivity index (χ1) is 10.1. The minimum atomic E-state index is -4.33. The zero-order chi connectivity index (χ0) is 16.7. The van der Waals surface area contributed by atoms with E-state index < -0.39 is 10.1 Å². The number of aryl methyl sites for hydroxylation is 2. The van der Waals surface area contributed by atoms with Crippen molar-refractivity contribution in [2.24, 2.45) is 0 Å². The van der Waals surface area contributed by atoms with Crippen LogP contribution in [0.1, 0.15) is 16.7 Å². The third-order valence-electron chi connectivity index (χ3n) is 3.14. The van der Waals surface area contributed by atoms with Gasteiger partial charge in [-0.05, 0) is 47.8 Å². The summed E-state index contributed by atoms with van der Waals surface area (Å²) in [5, 5.41) is 0. The van der Waals surface area contributed by atoms with Gasteiger partial charge in [0, 0.05) is 11.6 Å². The van der Waals surface area contributed by atoms with Crippen LogP contribution < -0.4 is 15.3 Å². The molecule has 22 heavy (non-hydrogen) atoms. The average molecular weight is 388 g/mol. The minimum absolute atomic E-state index is 0.135. The van der Waals surface area contributed by atoms with Crippen molar-refractivity contribution in [3.05, 3.63) is 45.7 Å². The van der Waals surface area contributed by atoms with Crippen LogP contribution in [-0.4, -0.2) is 13.0 Å².